The van der Waals surface area contributed by atoms with E-state index in [2.05, 4.69) is 24.8 Å². The third-order valence-electron chi connectivity index (χ3n) is 2.83. The number of aromatic amines is 1. The Kier molecular flexibility index (Phi) is 3.22. The Labute approximate surface area is 113 Å². The molecule has 1 unspecified atom stereocenters. The molecule has 0 aliphatic carbocycles. The van der Waals surface area contributed by atoms with Gasteiger partial charge in [-0.2, -0.15) is 5.10 Å². The minimum Gasteiger partial charge on any atom is -0.366 e. The summed E-state index contributed by atoms with van der Waals surface area (Å²) in [7, 11) is 0. The van der Waals surface area contributed by atoms with Crippen LogP contribution in [-0.4, -0.2) is 55.3 Å². The zero-order valence-corrected chi connectivity index (χ0v) is 11.1. The summed E-state index contributed by atoms with van der Waals surface area (Å²) in [4.78, 5) is 18.7. The topological polar surface area (TPSA) is 96.9 Å². The fourth-order valence-electron chi connectivity index (χ4n) is 1.91. The van der Waals surface area contributed by atoms with Crippen molar-refractivity contribution >= 4 is 17.4 Å². The van der Waals surface area contributed by atoms with Crippen LogP contribution in [0.4, 0.5) is 0 Å². The normalized spacial score (nSPS) is 19.6. The van der Waals surface area contributed by atoms with Gasteiger partial charge in [0.25, 0.3) is 5.91 Å². The van der Waals surface area contributed by atoms with Gasteiger partial charge in [0.1, 0.15) is 16.8 Å². The molecule has 8 nitrogen and oxygen atoms in total. The standard InChI is InChI=1S/C10H12N6O2S/c1-6-12-9(14-13-6)7-5-16(2-3-18-7)10(17)8-4-11-15-19-8/h4,7H,2-3,5H2,1H3,(H,12,13,14). The number of H-pyrrole nitrogens is 1. The van der Waals surface area contributed by atoms with Gasteiger partial charge in [-0.25, -0.2) is 4.98 Å². The average molecular weight is 280 g/mol. The van der Waals surface area contributed by atoms with Crippen LogP contribution in [0.5, 0.6) is 0 Å². The molecule has 0 radical (unpaired) electrons. The molecule has 0 spiro atoms. The smallest absolute Gasteiger partial charge is 0.267 e. The van der Waals surface area contributed by atoms with E-state index in [4.69, 9.17) is 4.74 Å². The number of aromatic nitrogens is 5. The van der Waals surface area contributed by atoms with E-state index in [-0.39, 0.29) is 12.0 Å². The highest BCUT2D eigenvalue weighted by Gasteiger charge is 2.29. The van der Waals surface area contributed by atoms with Crippen LogP contribution in [-0.2, 0) is 4.74 Å². The van der Waals surface area contributed by atoms with Gasteiger partial charge in [0.15, 0.2) is 5.82 Å². The highest BCUT2D eigenvalue weighted by Crippen LogP contribution is 2.20. The van der Waals surface area contributed by atoms with Crippen LogP contribution >= 0.6 is 11.5 Å². The molecule has 19 heavy (non-hydrogen) atoms. The number of hydrogen-bond acceptors (Lipinski definition) is 7. The van der Waals surface area contributed by atoms with Crippen molar-refractivity contribution in [3.8, 4) is 0 Å². The van der Waals surface area contributed by atoms with Crippen molar-refractivity contribution in [3.63, 3.8) is 0 Å². The van der Waals surface area contributed by atoms with Crippen LogP contribution in [0.15, 0.2) is 6.20 Å². The summed E-state index contributed by atoms with van der Waals surface area (Å²) >= 11 is 1.10. The van der Waals surface area contributed by atoms with E-state index in [0.717, 1.165) is 17.4 Å². The van der Waals surface area contributed by atoms with Crippen LogP contribution in [0.2, 0.25) is 0 Å². The van der Waals surface area contributed by atoms with Crippen molar-refractivity contribution in [3.05, 3.63) is 22.7 Å². The predicted octanol–water partition coefficient (Wildman–Crippen LogP) is 0.178. The first-order valence-electron chi connectivity index (χ1n) is 5.81. The van der Waals surface area contributed by atoms with E-state index >= 15 is 0 Å². The third-order valence-corrected chi connectivity index (χ3v) is 3.48. The van der Waals surface area contributed by atoms with Gasteiger partial charge in [-0.05, 0) is 18.5 Å². The molecule has 3 heterocycles. The second kappa shape index (κ2) is 5.02. The zero-order valence-electron chi connectivity index (χ0n) is 10.2. The summed E-state index contributed by atoms with van der Waals surface area (Å²) in [5.41, 5.74) is 0. The summed E-state index contributed by atoms with van der Waals surface area (Å²) < 4.78 is 9.31. The largest absolute Gasteiger partial charge is 0.366 e. The predicted molar refractivity (Wildman–Crippen MR) is 65.6 cm³/mol. The fraction of sp³-hybridized carbons (Fsp3) is 0.500. The lowest BCUT2D eigenvalue weighted by Crippen LogP contribution is -2.42. The number of aryl methyl sites for hydroxylation is 1. The molecule has 0 saturated carbocycles. The van der Waals surface area contributed by atoms with Crippen molar-refractivity contribution in [1.29, 1.82) is 0 Å². The van der Waals surface area contributed by atoms with Crippen molar-refractivity contribution in [2.45, 2.75) is 13.0 Å². The monoisotopic (exact) mass is 280 g/mol. The molecule has 1 fully saturated rings. The maximum Gasteiger partial charge on any atom is 0.267 e. The Morgan fingerprint density at radius 3 is 3.21 bits per heavy atom. The second-order valence-electron chi connectivity index (χ2n) is 4.17. The summed E-state index contributed by atoms with van der Waals surface area (Å²) in [6.45, 7) is 3.28. The molecular formula is C10H12N6O2S. The molecule has 3 rings (SSSR count). The number of nitrogens with one attached hydrogen (secondary N) is 1. The summed E-state index contributed by atoms with van der Waals surface area (Å²) in [5.74, 6) is 1.24. The van der Waals surface area contributed by atoms with Gasteiger partial charge in [-0.3, -0.25) is 9.89 Å². The molecule has 1 saturated heterocycles. The molecule has 1 atom stereocenters. The van der Waals surface area contributed by atoms with E-state index in [9.17, 15) is 4.79 Å². The highest BCUT2D eigenvalue weighted by atomic mass is 32.1. The Hall–Kier alpha value is -1.87. The second-order valence-corrected chi connectivity index (χ2v) is 4.96. The SMILES string of the molecule is Cc1nc(C2CN(C(=O)c3cnns3)CCO2)n[nH]1. The van der Waals surface area contributed by atoms with E-state index in [1.54, 1.807) is 4.90 Å². The van der Waals surface area contributed by atoms with Crippen molar-refractivity contribution in [2.75, 3.05) is 19.7 Å². The van der Waals surface area contributed by atoms with Gasteiger partial charge >= 0.3 is 0 Å². The lowest BCUT2D eigenvalue weighted by molar-refractivity contribution is -0.0265. The summed E-state index contributed by atoms with van der Waals surface area (Å²) in [6.07, 6.45) is 1.19. The minimum atomic E-state index is -0.288. The van der Waals surface area contributed by atoms with Crippen LogP contribution < -0.4 is 0 Å². The third kappa shape index (κ3) is 2.47. The molecule has 9 heteroatoms. The highest BCUT2D eigenvalue weighted by molar-refractivity contribution is 7.07. The van der Waals surface area contributed by atoms with Crippen LogP contribution in [0.25, 0.3) is 0 Å². The Morgan fingerprint density at radius 1 is 1.63 bits per heavy atom. The van der Waals surface area contributed by atoms with Gasteiger partial charge in [0.05, 0.1) is 19.3 Å². The van der Waals surface area contributed by atoms with Crippen molar-refractivity contribution in [2.24, 2.45) is 0 Å². The maximum atomic E-state index is 12.2. The zero-order chi connectivity index (χ0) is 13.2. The Bertz CT molecular complexity index is 568. The Morgan fingerprint density at radius 2 is 2.53 bits per heavy atom. The molecule has 2 aromatic rings. The lowest BCUT2D eigenvalue weighted by Gasteiger charge is -2.31. The lowest BCUT2D eigenvalue weighted by atomic mass is 10.2. The van der Waals surface area contributed by atoms with Gasteiger partial charge in [0, 0.05) is 6.54 Å². The van der Waals surface area contributed by atoms with E-state index in [0.29, 0.717) is 30.4 Å². The first kappa shape index (κ1) is 12.2. The van der Waals surface area contributed by atoms with E-state index in [1.165, 1.54) is 6.20 Å². The number of hydrogen-bond donors (Lipinski definition) is 1. The molecule has 0 bridgehead atoms. The molecule has 1 amide bonds. The van der Waals surface area contributed by atoms with Crippen molar-refractivity contribution < 1.29 is 9.53 Å². The molecule has 2 aromatic heterocycles. The number of rotatable bonds is 2. The number of amides is 1. The molecule has 100 valence electrons. The fourth-order valence-corrected chi connectivity index (χ4v) is 2.39. The van der Waals surface area contributed by atoms with E-state index in [1.807, 2.05) is 6.92 Å². The van der Waals surface area contributed by atoms with Gasteiger partial charge in [0.2, 0.25) is 0 Å². The average Bonchev–Trinajstić information content (AvgIpc) is 3.09. The maximum absolute atomic E-state index is 12.2. The molecule has 1 aliphatic rings. The molecule has 1 aliphatic heterocycles. The van der Waals surface area contributed by atoms with E-state index < -0.39 is 0 Å². The van der Waals surface area contributed by atoms with Crippen LogP contribution in [0, 0.1) is 6.92 Å². The summed E-state index contributed by atoms with van der Waals surface area (Å²) in [5, 5.41) is 10.5. The number of morpholine rings is 1. The van der Waals surface area contributed by atoms with Gasteiger partial charge in [-0.1, -0.05) is 4.49 Å². The number of carbonyl (C=O) groups excluding carboxylic acids is 1. The minimum absolute atomic E-state index is 0.0736. The Balaban J connectivity index is 1.73. The molecule has 0 aromatic carbocycles. The summed E-state index contributed by atoms with van der Waals surface area (Å²) in [6, 6.07) is 0. The van der Waals surface area contributed by atoms with Crippen molar-refractivity contribution in [1.82, 2.24) is 29.7 Å². The van der Waals surface area contributed by atoms with Gasteiger partial charge in [-0.15, -0.1) is 5.10 Å². The van der Waals surface area contributed by atoms with Crippen LogP contribution in [0.3, 0.4) is 0 Å². The van der Waals surface area contributed by atoms with Crippen LogP contribution in [0.1, 0.15) is 27.4 Å². The molecule has 1 N–H and O–H groups in total. The number of carbonyl (C=O) groups is 1. The van der Waals surface area contributed by atoms with Gasteiger partial charge < -0.3 is 9.64 Å². The number of ether oxygens (including phenoxy) is 1. The first-order valence-corrected chi connectivity index (χ1v) is 6.58. The molecular weight excluding hydrogens is 268 g/mol. The first-order chi connectivity index (χ1) is 9.24. The quantitative estimate of drug-likeness (QED) is 0.842. The number of nitrogens with zero attached hydrogens (tertiary/aromatic N) is 5.